The average molecular weight is 421 g/mol. The largest absolute Gasteiger partial charge is 0.353 e. The van der Waals surface area contributed by atoms with Crippen LogP contribution in [0.25, 0.3) is 0 Å². The third kappa shape index (κ3) is 4.67. The lowest BCUT2D eigenvalue weighted by Crippen LogP contribution is -2.41. The first kappa shape index (κ1) is 22.8. The van der Waals surface area contributed by atoms with Gasteiger partial charge in [0.2, 0.25) is 0 Å². The zero-order valence-electron chi connectivity index (χ0n) is 19.6. The van der Waals surface area contributed by atoms with Gasteiger partial charge in [-0.2, -0.15) is 0 Å². The summed E-state index contributed by atoms with van der Waals surface area (Å²) in [4.78, 5) is 0. The third-order valence-corrected chi connectivity index (χ3v) is 8.51. The minimum absolute atomic E-state index is 0.107. The monoisotopic (exact) mass is 420 g/mol. The molecule has 3 fully saturated rings. The van der Waals surface area contributed by atoms with Gasteiger partial charge in [-0.3, -0.25) is 0 Å². The number of hydrogen-bond donors (Lipinski definition) is 0. The predicted molar refractivity (Wildman–Crippen MR) is 119 cm³/mol. The Labute approximate surface area is 184 Å². The summed E-state index contributed by atoms with van der Waals surface area (Å²) in [5, 5.41) is 0. The molecule has 4 nitrogen and oxygen atoms in total. The Morgan fingerprint density at radius 3 is 1.60 bits per heavy atom. The molecule has 10 unspecified atom stereocenters. The summed E-state index contributed by atoms with van der Waals surface area (Å²) in [6.45, 7) is 11.7. The second-order valence-corrected chi connectivity index (χ2v) is 10.2. The Hall–Kier alpha value is -0.420. The molecule has 0 aromatic rings. The van der Waals surface area contributed by atoms with Gasteiger partial charge in [-0.1, -0.05) is 38.8 Å². The van der Waals surface area contributed by atoms with Crippen LogP contribution in [0.5, 0.6) is 0 Å². The van der Waals surface area contributed by atoms with Crippen LogP contribution < -0.4 is 0 Å². The Morgan fingerprint density at radius 1 is 0.700 bits per heavy atom. The standard InChI is InChI=1S/C26H44O4/c1-5-7-11-27-17(3)29-15-23-21-14-22(26-20-10-9-19(13-20)25(21)26)24(23)16-30-18(4)28-12-8-6-2/h9-10,17-26H,5-8,11-16H2,1-4H3. The van der Waals surface area contributed by atoms with Gasteiger partial charge in [0.05, 0.1) is 13.2 Å². The lowest BCUT2D eigenvalue weighted by molar-refractivity contribution is -0.168. The molecule has 4 aliphatic rings. The van der Waals surface area contributed by atoms with E-state index in [0.29, 0.717) is 11.8 Å². The lowest BCUT2D eigenvalue weighted by atomic mass is 9.65. The predicted octanol–water partition coefficient (Wildman–Crippen LogP) is 5.67. The molecule has 30 heavy (non-hydrogen) atoms. The Kier molecular flexibility index (Phi) is 7.94. The molecular weight excluding hydrogens is 376 g/mol. The fraction of sp³-hybridized carbons (Fsp3) is 0.923. The number of fused-ring (bicyclic) bond motifs is 9. The van der Waals surface area contributed by atoms with Crippen molar-refractivity contribution in [1.82, 2.24) is 0 Å². The molecule has 4 aliphatic carbocycles. The maximum atomic E-state index is 6.24. The third-order valence-electron chi connectivity index (χ3n) is 8.51. The molecule has 4 heteroatoms. The minimum Gasteiger partial charge on any atom is -0.353 e. The van der Waals surface area contributed by atoms with Crippen molar-refractivity contribution in [3.05, 3.63) is 12.2 Å². The SMILES string of the molecule is CCCCOC(C)OCC1C(COC(C)OCCCC)C2CC1C1C3C=CC(C3)C21. The fourth-order valence-electron chi connectivity index (χ4n) is 7.16. The zero-order valence-corrected chi connectivity index (χ0v) is 19.6. The molecule has 0 aromatic carbocycles. The van der Waals surface area contributed by atoms with E-state index >= 15 is 0 Å². The average Bonchev–Trinajstić information content (AvgIpc) is 3.50. The van der Waals surface area contributed by atoms with Gasteiger partial charge < -0.3 is 18.9 Å². The van der Waals surface area contributed by atoms with Crippen molar-refractivity contribution in [3.8, 4) is 0 Å². The van der Waals surface area contributed by atoms with Gasteiger partial charge in [0.1, 0.15) is 0 Å². The molecule has 172 valence electrons. The molecule has 0 aliphatic heterocycles. The van der Waals surface area contributed by atoms with E-state index < -0.39 is 0 Å². The summed E-state index contributed by atoms with van der Waals surface area (Å²) < 4.78 is 24.2. The van der Waals surface area contributed by atoms with Gasteiger partial charge in [0.25, 0.3) is 0 Å². The molecule has 10 atom stereocenters. The molecule has 0 aromatic heterocycles. The first-order valence-corrected chi connectivity index (χ1v) is 12.8. The maximum Gasteiger partial charge on any atom is 0.154 e. The van der Waals surface area contributed by atoms with Gasteiger partial charge in [-0.05, 0) is 86.9 Å². The first-order chi connectivity index (χ1) is 14.6. The maximum absolute atomic E-state index is 6.24. The topological polar surface area (TPSA) is 36.9 Å². The van der Waals surface area contributed by atoms with Crippen LogP contribution in [0.4, 0.5) is 0 Å². The molecule has 0 N–H and O–H groups in total. The van der Waals surface area contributed by atoms with Crippen LogP contribution >= 0.6 is 0 Å². The summed E-state index contributed by atoms with van der Waals surface area (Å²) in [5.41, 5.74) is 0. The lowest BCUT2D eigenvalue weighted by Gasteiger charge is -2.42. The van der Waals surface area contributed by atoms with Crippen molar-refractivity contribution in [2.75, 3.05) is 26.4 Å². The highest BCUT2D eigenvalue weighted by atomic mass is 16.7. The van der Waals surface area contributed by atoms with Crippen LogP contribution in [0.1, 0.15) is 66.2 Å². The van der Waals surface area contributed by atoms with E-state index in [2.05, 4.69) is 39.8 Å². The van der Waals surface area contributed by atoms with E-state index in [0.717, 1.165) is 87.6 Å². The minimum atomic E-state index is -0.107. The molecule has 4 bridgehead atoms. The Balaban J connectivity index is 1.34. The van der Waals surface area contributed by atoms with Crippen molar-refractivity contribution in [2.24, 2.45) is 47.3 Å². The van der Waals surface area contributed by atoms with Crippen LogP contribution in [0.3, 0.4) is 0 Å². The second-order valence-electron chi connectivity index (χ2n) is 10.2. The van der Waals surface area contributed by atoms with Crippen molar-refractivity contribution >= 4 is 0 Å². The smallest absolute Gasteiger partial charge is 0.154 e. The van der Waals surface area contributed by atoms with Crippen LogP contribution in [-0.4, -0.2) is 39.0 Å². The molecule has 0 heterocycles. The molecule has 4 rings (SSSR count). The van der Waals surface area contributed by atoms with E-state index in [-0.39, 0.29) is 12.6 Å². The number of ether oxygens (including phenoxy) is 4. The first-order valence-electron chi connectivity index (χ1n) is 12.8. The summed E-state index contributed by atoms with van der Waals surface area (Å²) in [5.74, 6) is 6.24. The van der Waals surface area contributed by atoms with Crippen molar-refractivity contribution in [3.63, 3.8) is 0 Å². The van der Waals surface area contributed by atoms with Crippen LogP contribution in [-0.2, 0) is 18.9 Å². The summed E-state index contributed by atoms with van der Waals surface area (Å²) in [6, 6.07) is 0. The van der Waals surface area contributed by atoms with E-state index in [1.165, 1.54) is 12.8 Å². The Morgan fingerprint density at radius 2 is 1.17 bits per heavy atom. The van der Waals surface area contributed by atoms with Crippen LogP contribution in [0.2, 0.25) is 0 Å². The fourth-order valence-corrected chi connectivity index (χ4v) is 7.16. The van der Waals surface area contributed by atoms with Crippen LogP contribution in [0.15, 0.2) is 12.2 Å². The highest BCUT2D eigenvalue weighted by Crippen LogP contribution is 2.68. The van der Waals surface area contributed by atoms with Gasteiger partial charge in [0, 0.05) is 13.2 Å². The summed E-state index contributed by atoms with van der Waals surface area (Å²) >= 11 is 0. The molecule has 3 saturated carbocycles. The Bertz CT molecular complexity index is 517. The van der Waals surface area contributed by atoms with E-state index in [1.54, 1.807) is 0 Å². The normalized spacial score (nSPS) is 40.3. The van der Waals surface area contributed by atoms with Crippen LogP contribution in [0, 0.1) is 47.3 Å². The van der Waals surface area contributed by atoms with Crippen molar-refractivity contribution in [1.29, 1.82) is 0 Å². The molecular formula is C26H44O4. The second kappa shape index (κ2) is 10.5. The van der Waals surface area contributed by atoms with Gasteiger partial charge >= 0.3 is 0 Å². The number of allylic oxidation sites excluding steroid dienone is 2. The highest BCUT2D eigenvalue weighted by Gasteiger charge is 2.64. The summed E-state index contributed by atoms with van der Waals surface area (Å²) in [6.07, 6.45) is 12.1. The summed E-state index contributed by atoms with van der Waals surface area (Å²) in [7, 11) is 0. The highest BCUT2D eigenvalue weighted by molar-refractivity contribution is 5.21. The molecule has 0 amide bonds. The van der Waals surface area contributed by atoms with Gasteiger partial charge in [0.15, 0.2) is 12.6 Å². The number of rotatable bonds is 14. The van der Waals surface area contributed by atoms with E-state index in [1.807, 2.05) is 0 Å². The van der Waals surface area contributed by atoms with Crippen molar-refractivity contribution < 1.29 is 18.9 Å². The van der Waals surface area contributed by atoms with E-state index in [9.17, 15) is 0 Å². The molecule has 0 radical (unpaired) electrons. The van der Waals surface area contributed by atoms with E-state index in [4.69, 9.17) is 18.9 Å². The zero-order chi connectivity index (χ0) is 21.1. The number of hydrogen-bond acceptors (Lipinski definition) is 4. The van der Waals surface area contributed by atoms with Gasteiger partial charge in [-0.25, -0.2) is 0 Å². The molecule has 0 saturated heterocycles. The number of unbranched alkanes of at least 4 members (excludes halogenated alkanes) is 2. The molecule has 0 spiro atoms. The van der Waals surface area contributed by atoms with Gasteiger partial charge in [-0.15, -0.1) is 0 Å². The van der Waals surface area contributed by atoms with Crippen molar-refractivity contribution in [2.45, 2.75) is 78.8 Å². The quantitative estimate of drug-likeness (QED) is 0.157.